The molecule has 22 heavy (non-hydrogen) atoms. The number of ether oxygens (including phenoxy) is 1. The molecule has 1 atom stereocenters. The summed E-state index contributed by atoms with van der Waals surface area (Å²) in [5.41, 5.74) is 1.84. The van der Waals surface area contributed by atoms with Gasteiger partial charge in [-0.2, -0.15) is 0 Å². The van der Waals surface area contributed by atoms with Crippen molar-refractivity contribution in [3.8, 4) is 5.75 Å². The Kier molecular flexibility index (Phi) is 4.09. The molecule has 0 saturated carbocycles. The van der Waals surface area contributed by atoms with Crippen molar-refractivity contribution in [2.75, 3.05) is 6.54 Å². The summed E-state index contributed by atoms with van der Waals surface area (Å²) in [4.78, 5) is 14.3. The number of nitrogens with zero attached hydrogens (tertiary/aromatic N) is 1. The number of para-hydroxylation sites is 1. The van der Waals surface area contributed by atoms with Gasteiger partial charge < -0.3 is 9.64 Å². The number of hydrogen-bond acceptors (Lipinski definition) is 2. The van der Waals surface area contributed by atoms with Gasteiger partial charge in [-0.05, 0) is 36.2 Å². The van der Waals surface area contributed by atoms with Gasteiger partial charge >= 0.3 is 0 Å². The van der Waals surface area contributed by atoms with E-state index < -0.39 is 6.10 Å². The van der Waals surface area contributed by atoms with E-state index in [9.17, 15) is 9.18 Å². The lowest BCUT2D eigenvalue weighted by atomic mass is 10.1. The average Bonchev–Trinajstić information content (AvgIpc) is 2.96. The van der Waals surface area contributed by atoms with E-state index in [4.69, 9.17) is 4.74 Å². The molecule has 0 saturated heterocycles. The molecule has 4 heteroatoms. The van der Waals surface area contributed by atoms with Crippen molar-refractivity contribution in [1.82, 2.24) is 4.90 Å². The molecule has 0 radical (unpaired) electrons. The molecule has 3 rings (SSSR count). The predicted molar refractivity (Wildman–Crippen MR) is 82.1 cm³/mol. The zero-order valence-electron chi connectivity index (χ0n) is 12.5. The number of rotatable bonds is 4. The average molecular weight is 299 g/mol. The molecule has 1 amide bonds. The Morgan fingerprint density at radius 1 is 1.27 bits per heavy atom. The monoisotopic (exact) mass is 299 g/mol. The van der Waals surface area contributed by atoms with E-state index in [0.29, 0.717) is 19.5 Å². The third-order valence-corrected chi connectivity index (χ3v) is 3.88. The summed E-state index contributed by atoms with van der Waals surface area (Å²) >= 11 is 0. The van der Waals surface area contributed by atoms with Gasteiger partial charge in [-0.15, -0.1) is 0 Å². The molecule has 0 spiro atoms. The zero-order valence-corrected chi connectivity index (χ0v) is 12.5. The van der Waals surface area contributed by atoms with Gasteiger partial charge in [-0.25, -0.2) is 4.39 Å². The number of likely N-dealkylation sites (N-methyl/N-ethyl adjacent to an activating group) is 1. The van der Waals surface area contributed by atoms with Gasteiger partial charge in [0.05, 0.1) is 0 Å². The highest BCUT2D eigenvalue weighted by molar-refractivity contribution is 5.82. The highest BCUT2D eigenvalue weighted by Crippen LogP contribution is 2.29. The largest absolute Gasteiger partial charge is 0.480 e. The Morgan fingerprint density at radius 3 is 2.82 bits per heavy atom. The molecule has 1 unspecified atom stereocenters. The van der Waals surface area contributed by atoms with Crippen LogP contribution in [0.4, 0.5) is 4.39 Å². The third kappa shape index (κ3) is 2.96. The van der Waals surface area contributed by atoms with Gasteiger partial charge in [0.15, 0.2) is 6.10 Å². The van der Waals surface area contributed by atoms with Crippen molar-refractivity contribution in [1.29, 1.82) is 0 Å². The van der Waals surface area contributed by atoms with Crippen molar-refractivity contribution in [2.24, 2.45) is 0 Å². The van der Waals surface area contributed by atoms with Crippen molar-refractivity contribution < 1.29 is 13.9 Å². The molecular weight excluding hydrogens is 281 g/mol. The fourth-order valence-corrected chi connectivity index (χ4v) is 2.72. The first-order valence-electron chi connectivity index (χ1n) is 7.45. The fourth-order valence-electron chi connectivity index (χ4n) is 2.72. The second-order valence-corrected chi connectivity index (χ2v) is 5.40. The summed E-state index contributed by atoms with van der Waals surface area (Å²) in [6.07, 6.45) is 0.111. The van der Waals surface area contributed by atoms with E-state index in [-0.39, 0.29) is 11.7 Å². The summed E-state index contributed by atoms with van der Waals surface area (Å²) in [6, 6.07) is 14.0. The first-order chi connectivity index (χ1) is 10.7. The molecule has 1 aliphatic heterocycles. The normalized spacial score (nSPS) is 16.0. The first-order valence-corrected chi connectivity index (χ1v) is 7.45. The van der Waals surface area contributed by atoms with Gasteiger partial charge in [0, 0.05) is 19.5 Å². The van der Waals surface area contributed by atoms with E-state index in [1.165, 1.54) is 12.1 Å². The minimum absolute atomic E-state index is 0.0528. The van der Waals surface area contributed by atoms with Crippen LogP contribution >= 0.6 is 0 Å². The van der Waals surface area contributed by atoms with Crippen LogP contribution in [0.2, 0.25) is 0 Å². The number of carbonyl (C=O) groups excluding carboxylic acids is 1. The Balaban J connectivity index is 1.71. The minimum Gasteiger partial charge on any atom is -0.480 e. The highest BCUT2D eigenvalue weighted by atomic mass is 19.1. The SMILES string of the molecule is CCN(Cc1cccc(F)c1)C(=O)C1Cc2ccccc2O1. The minimum atomic E-state index is -0.481. The van der Waals surface area contributed by atoms with Crippen LogP contribution in [-0.2, 0) is 17.8 Å². The van der Waals surface area contributed by atoms with Gasteiger partial charge in [-0.1, -0.05) is 30.3 Å². The lowest BCUT2D eigenvalue weighted by Crippen LogP contribution is -2.40. The number of fused-ring (bicyclic) bond motifs is 1. The number of amides is 1. The fraction of sp³-hybridized carbons (Fsp3) is 0.278. The highest BCUT2D eigenvalue weighted by Gasteiger charge is 2.31. The molecule has 2 aromatic rings. The van der Waals surface area contributed by atoms with Crippen LogP contribution in [0, 0.1) is 5.82 Å². The van der Waals surface area contributed by atoms with Crippen LogP contribution in [-0.4, -0.2) is 23.5 Å². The number of carbonyl (C=O) groups is 1. The molecule has 1 heterocycles. The van der Waals surface area contributed by atoms with Crippen LogP contribution in [0.15, 0.2) is 48.5 Å². The Morgan fingerprint density at radius 2 is 2.09 bits per heavy atom. The van der Waals surface area contributed by atoms with E-state index >= 15 is 0 Å². The molecule has 0 aromatic heterocycles. The van der Waals surface area contributed by atoms with Gasteiger partial charge in [0.1, 0.15) is 11.6 Å². The maximum absolute atomic E-state index is 13.3. The van der Waals surface area contributed by atoms with Crippen molar-refractivity contribution >= 4 is 5.91 Å². The van der Waals surface area contributed by atoms with Crippen LogP contribution in [0.1, 0.15) is 18.1 Å². The summed E-state index contributed by atoms with van der Waals surface area (Å²) in [5, 5.41) is 0. The lowest BCUT2D eigenvalue weighted by molar-refractivity contribution is -0.138. The lowest BCUT2D eigenvalue weighted by Gasteiger charge is -2.24. The quantitative estimate of drug-likeness (QED) is 0.868. The van der Waals surface area contributed by atoms with Crippen LogP contribution in [0.5, 0.6) is 5.75 Å². The number of hydrogen-bond donors (Lipinski definition) is 0. The summed E-state index contributed by atoms with van der Waals surface area (Å²) in [6.45, 7) is 2.87. The van der Waals surface area contributed by atoms with E-state index in [1.54, 1.807) is 11.0 Å². The van der Waals surface area contributed by atoms with Crippen molar-refractivity contribution in [3.05, 3.63) is 65.5 Å². The van der Waals surface area contributed by atoms with Gasteiger partial charge in [-0.3, -0.25) is 4.79 Å². The Hall–Kier alpha value is -2.36. The maximum Gasteiger partial charge on any atom is 0.264 e. The van der Waals surface area contributed by atoms with E-state index in [0.717, 1.165) is 16.9 Å². The van der Waals surface area contributed by atoms with Crippen LogP contribution in [0.25, 0.3) is 0 Å². The van der Waals surface area contributed by atoms with Crippen LogP contribution < -0.4 is 4.74 Å². The predicted octanol–water partition coefficient (Wildman–Crippen LogP) is 3.18. The second kappa shape index (κ2) is 6.18. The first kappa shape index (κ1) is 14.6. The molecule has 114 valence electrons. The number of benzene rings is 2. The molecule has 0 bridgehead atoms. The Labute approximate surface area is 129 Å². The molecule has 3 nitrogen and oxygen atoms in total. The summed E-state index contributed by atoms with van der Waals surface area (Å²) in [5.74, 6) is 0.441. The smallest absolute Gasteiger partial charge is 0.264 e. The maximum atomic E-state index is 13.3. The van der Waals surface area contributed by atoms with Crippen molar-refractivity contribution in [3.63, 3.8) is 0 Å². The third-order valence-electron chi connectivity index (χ3n) is 3.88. The standard InChI is InChI=1S/C18H18FNO2/c1-2-20(12-13-6-5-8-15(19)10-13)18(21)17-11-14-7-3-4-9-16(14)22-17/h3-10,17H,2,11-12H2,1H3. The van der Waals surface area contributed by atoms with Crippen LogP contribution in [0.3, 0.4) is 0 Å². The van der Waals surface area contributed by atoms with E-state index in [2.05, 4.69) is 0 Å². The van der Waals surface area contributed by atoms with Gasteiger partial charge in [0.25, 0.3) is 5.91 Å². The van der Waals surface area contributed by atoms with E-state index in [1.807, 2.05) is 37.3 Å². The molecular formula is C18H18FNO2. The molecule has 0 fully saturated rings. The molecule has 0 aliphatic carbocycles. The molecule has 2 aromatic carbocycles. The topological polar surface area (TPSA) is 29.5 Å². The Bertz CT molecular complexity index is 661. The molecule has 0 N–H and O–H groups in total. The summed E-state index contributed by atoms with van der Waals surface area (Å²) in [7, 11) is 0. The summed E-state index contributed by atoms with van der Waals surface area (Å²) < 4.78 is 19.0. The zero-order chi connectivity index (χ0) is 15.5. The van der Waals surface area contributed by atoms with Crippen molar-refractivity contribution in [2.45, 2.75) is 26.0 Å². The molecule has 1 aliphatic rings. The number of halogens is 1. The second-order valence-electron chi connectivity index (χ2n) is 5.40. The van der Waals surface area contributed by atoms with Gasteiger partial charge in [0.2, 0.25) is 0 Å².